The van der Waals surface area contributed by atoms with Crippen LogP contribution in [0, 0.1) is 0 Å². The van der Waals surface area contributed by atoms with Gasteiger partial charge in [0.05, 0.1) is 40.0 Å². The number of benzene rings is 1. The number of guanidine groups is 1. The molecular weight excluding hydrogens is 388 g/mol. The third-order valence-electron chi connectivity index (χ3n) is 4.99. The van der Waals surface area contributed by atoms with Crippen LogP contribution in [0.15, 0.2) is 17.1 Å². The first kappa shape index (κ1) is 21.7. The number of methoxy groups -OCH3 is 4. The second-order valence-corrected chi connectivity index (χ2v) is 6.88. The second kappa shape index (κ2) is 10.1. The Morgan fingerprint density at radius 2 is 1.90 bits per heavy atom. The number of aromatic nitrogens is 3. The molecule has 3 rings (SSSR count). The molecular formula is C20H30N6O4. The fourth-order valence-electron chi connectivity index (χ4n) is 3.48. The molecule has 164 valence electrons. The van der Waals surface area contributed by atoms with Gasteiger partial charge in [0.1, 0.15) is 29.7 Å². The third-order valence-corrected chi connectivity index (χ3v) is 4.99. The van der Waals surface area contributed by atoms with E-state index in [2.05, 4.69) is 25.7 Å². The van der Waals surface area contributed by atoms with Gasteiger partial charge in [0.25, 0.3) is 0 Å². The Labute approximate surface area is 176 Å². The van der Waals surface area contributed by atoms with Gasteiger partial charge >= 0.3 is 0 Å². The minimum Gasteiger partial charge on any atom is -0.496 e. The van der Waals surface area contributed by atoms with E-state index in [1.165, 1.54) is 0 Å². The molecule has 30 heavy (non-hydrogen) atoms. The monoisotopic (exact) mass is 418 g/mol. The second-order valence-electron chi connectivity index (χ2n) is 6.88. The Kier molecular flexibility index (Phi) is 7.34. The highest BCUT2D eigenvalue weighted by Gasteiger charge is 2.22. The van der Waals surface area contributed by atoms with Gasteiger partial charge in [-0.2, -0.15) is 5.10 Å². The number of nitrogens with zero attached hydrogens (tertiary/aromatic N) is 4. The van der Waals surface area contributed by atoms with Crippen molar-refractivity contribution in [1.82, 2.24) is 25.4 Å². The zero-order chi connectivity index (χ0) is 21.5. The first-order valence-electron chi connectivity index (χ1n) is 9.79. The molecule has 1 aromatic carbocycles. The highest BCUT2D eigenvalue weighted by Crippen LogP contribution is 2.33. The number of hydrogen-bond acceptors (Lipinski definition) is 7. The van der Waals surface area contributed by atoms with E-state index in [1.807, 2.05) is 16.8 Å². The van der Waals surface area contributed by atoms with E-state index in [0.29, 0.717) is 42.2 Å². The number of hydrogen-bond donors (Lipinski definition) is 2. The number of ether oxygens (including phenoxy) is 4. The minimum atomic E-state index is 0.195. The smallest absolute Gasteiger partial charge is 0.191 e. The van der Waals surface area contributed by atoms with Crippen LogP contribution in [0.3, 0.4) is 0 Å². The maximum Gasteiger partial charge on any atom is 0.191 e. The summed E-state index contributed by atoms with van der Waals surface area (Å²) < 4.78 is 23.4. The lowest BCUT2D eigenvalue weighted by Gasteiger charge is -2.25. The van der Waals surface area contributed by atoms with Crippen LogP contribution in [0.2, 0.25) is 0 Å². The molecule has 0 aliphatic carbocycles. The number of aliphatic imine (C=N–C) groups is 1. The van der Waals surface area contributed by atoms with E-state index >= 15 is 0 Å². The molecule has 1 aromatic heterocycles. The van der Waals surface area contributed by atoms with Crippen molar-refractivity contribution in [2.45, 2.75) is 38.6 Å². The molecule has 2 aromatic rings. The molecule has 1 aliphatic rings. The van der Waals surface area contributed by atoms with Gasteiger partial charge in [-0.1, -0.05) is 0 Å². The van der Waals surface area contributed by atoms with Gasteiger partial charge in [-0.25, -0.2) is 9.67 Å². The summed E-state index contributed by atoms with van der Waals surface area (Å²) >= 11 is 0. The summed E-state index contributed by atoms with van der Waals surface area (Å²) in [7, 11) is 8.26. The highest BCUT2D eigenvalue weighted by atomic mass is 16.5. The fraction of sp³-hybridized carbons (Fsp3) is 0.550. The van der Waals surface area contributed by atoms with Crippen molar-refractivity contribution in [2.75, 3.05) is 35.5 Å². The normalized spacial score (nSPS) is 16.0. The molecule has 0 saturated carbocycles. The van der Waals surface area contributed by atoms with Crippen LogP contribution < -0.4 is 24.8 Å². The van der Waals surface area contributed by atoms with Gasteiger partial charge in [0, 0.05) is 38.8 Å². The predicted molar refractivity (Wildman–Crippen MR) is 112 cm³/mol. The van der Waals surface area contributed by atoms with Crippen molar-refractivity contribution in [1.29, 1.82) is 0 Å². The molecule has 0 bridgehead atoms. The van der Waals surface area contributed by atoms with E-state index in [4.69, 9.17) is 18.9 Å². The average molecular weight is 418 g/mol. The fourth-order valence-corrected chi connectivity index (χ4v) is 3.48. The van der Waals surface area contributed by atoms with Gasteiger partial charge < -0.3 is 29.6 Å². The van der Waals surface area contributed by atoms with Crippen molar-refractivity contribution in [3.63, 3.8) is 0 Å². The topological polar surface area (TPSA) is 104 Å². The maximum absolute atomic E-state index is 5.52. The lowest BCUT2D eigenvalue weighted by molar-refractivity contribution is 0.177. The molecule has 0 fully saturated rings. The summed E-state index contributed by atoms with van der Waals surface area (Å²) in [4.78, 5) is 8.87. The number of fused-ring (bicyclic) bond motifs is 1. The van der Waals surface area contributed by atoms with Crippen molar-refractivity contribution in [2.24, 2.45) is 4.99 Å². The molecule has 1 unspecified atom stereocenters. The van der Waals surface area contributed by atoms with Crippen LogP contribution >= 0.6 is 0 Å². The number of rotatable bonds is 8. The largest absolute Gasteiger partial charge is 0.496 e. The highest BCUT2D eigenvalue weighted by molar-refractivity contribution is 5.80. The molecule has 1 atom stereocenters. The van der Waals surface area contributed by atoms with Crippen LogP contribution in [-0.4, -0.2) is 62.3 Å². The summed E-state index contributed by atoms with van der Waals surface area (Å²) in [6, 6.07) is 3.86. The molecule has 2 heterocycles. The summed E-state index contributed by atoms with van der Waals surface area (Å²) in [5, 5.41) is 11.3. The molecule has 10 nitrogen and oxygen atoms in total. The Balaban J connectivity index is 1.64. The van der Waals surface area contributed by atoms with Crippen LogP contribution in [0.5, 0.6) is 17.2 Å². The van der Waals surface area contributed by atoms with Gasteiger partial charge in [-0.3, -0.25) is 4.99 Å². The Morgan fingerprint density at radius 3 is 2.50 bits per heavy atom. The van der Waals surface area contributed by atoms with Gasteiger partial charge in [0.15, 0.2) is 11.8 Å². The lowest BCUT2D eigenvalue weighted by Crippen LogP contribution is -2.46. The molecule has 0 amide bonds. The van der Waals surface area contributed by atoms with Crippen molar-refractivity contribution in [3.8, 4) is 17.2 Å². The number of aryl methyl sites for hydroxylation is 1. The van der Waals surface area contributed by atoms with E-state index in [1.54, 1.807) is 35.5 Å². The van der Waals surface area contributed by atoms with Crippen molar-refractivity contribution >= 4 is 5.96 Å². The SMILES string of the molecule is CN=C(NCc1c(OC)cc(OC)cc1OC)NC1CCc2nc(COC)nn2C1. The first-order chi connectivity index (χ1) is 14.6. The quantitative estimate of drug-likeness (QED) is 0.486. The summed E-state index contributed by atoms with van der Waals surface area (Å²) in [6.45, 7) is 1.63. The van der Waals surface area contributed by atoms with Gasteiger partial charge in [0.2, 0.25) is 0 Å². The summed E-state index contributed by atoms with van der Waals surface area (Å²) in [5.41, 5.74) is 0.884. The first-order valence-corrected chi connectivity index (χ1v) is 9.79. The Hall–Kier alpha value is -3.01. The van der Waals surface area contributed by atoms with E-state index < -0.39 is 0 Å². The molecule has 2 N–H and O–H groups in total. The Morgan fingerprint density at radius 1 is 1.17 bits per heavy atom. The van der Waals surface area contributed by atoms with E-state index in [0.717, 1.165) is 30.8 Å². The van der Waals surface area contributed by atoms with E-state index in [9.17, 15) is 0 Å². The van der Waals surface area contributed by atoms with Crippen molar-refractivity contribution < 1.29 is 18.9 Å². The average Bonchev–Trinajstić information content (AvgIpc) is 3.17. The predicted octanol–water partition coefficient (Wildman–Crippen LogP) is 1.13. The van der Waals surface area contributed by atoms with Gasteiger partial charge in [-0.15, -0.1) is 0 Å². The van der Waals surface area contributed by atoms with Crippen LogP contribution in [-0.2, 0) is 30.9 Å². The standard InChI is InChI=1S/C20H30N6O4/c1-21-20(22-10-15-16(29-4)8-14(28-3)9-17(15)30-5)23-13-6-7-19-24-18(12-27-2)25-26(19)11-13/h8-9,13H,6-7,10-12H2,1-5H3,(H2,21,22,23). The van der Waals surface area contributed by atoms with Crippen molar-refractivity contribution in [3.05, 3.63) is 29.3 Å². The third kappa shape index (κ3) is 4.93. The summed E-state index contributed by atoms with van der Waals surface area (Å²) in [5.74, 6) is 4.45. The Bertz CT molecular complexity index is 857. The van der Waals surface area contributed by atoms with E-state index in [-0.39, 0.29) is 6.04 Å². The molecule has 10 heteroatoms. The van der Waals surface area contributed by atoms with Crippen LogP contribution in [0.1, 0.15) is 23.6 Å². The zero-order valence-electron chi connectivity index (χ0n) is 18.2. The minimum absolute atomic E-state index is 0.195. The molecule has 0 radical (unpaired) electrons. The zero-order valence-corrected chi connectivity index (χ0v) is 18.2. The molecule has 0 saturated heterocycles. The molecule has 1 aliphatic heterocycles. The summed E-state index contributed by atoms with van der Waals surface area (Å²) in [6.07, 6.45) is 1.80. The number of nitrogens with one attached hydrogen (secondary N) is 2. The molecule has 0 spiro atoms. The van der Waals surface area contributed by atoms with Crippen LogP contribution in [0.4, 0.5) is 0 Å². The van der Waals surface area contributed by atoms with Gasteiger partial charge in [-0.05, 0) is 6.42 Å². The maximum atomic E-state index is 5.52. The lowest BCUT2D eigenvalue weighted by atomic mass is 10.1. The van der Waals surface area contributed by atoms with Crippen LogP contribution in [0.25, 0.3) is 0 Å².